The van der Waals surface area contributed by atoms with Gasteiger partial charge in [0, 0.05) is 11.3 Å². The maximum absolute atomic E-state index is 12.1. The van der Waals surface area contributed by atoms with Crippen molar-refractivity contribution in [2.24, 2.45) is 34.5 Å². The summed E-state index contributed by atoms with van der Waals surface area (Å²) in [5.74, 6) is 1.10. The zero-order chi connectivity index (χ0) is 22.8. The number of rotatable bonds is 4. The van der Waals surface area contributed by atoms with Crippen molar-refractivity contribution >= 4 is 0 Å². The van der Waals surface area contributed by atoms with Crippen LogP contribution in [0.1, 0.15) is 86.5 Å². The van der Waals surface area contributed by atoms with Gasteiger partial charge >= 0.3 is 0 Å². The molecule has 3 saturated carbocycles. The Morgan fingerprint density at radius 2 is 1.71 bits per heavy atom. The van der Waals surface area contributed by atoms with E-state index >= 15 is 0 Å². The molecule has 31 heavy (non-hydrogen) atoms. The molecule has 8 atom stereocenters. The van der Waals surface area contributed by atoms with Crippen molar-refractivity contribution in [1.29, 1.82) is 0 Å². The molecule has 0 bridgehead atoms. The summed E-state index contributed by atoms with van der Waals surface area (Å²) in [5.41, 5.74) is 1.42. The third-order valence-corrected chi connectivity index (χ3v) is 10.4. The van der Waals surface area contributed by atoms with Crippen LogP contribution in [-0.2, 0) is 0 Å². The van der Waals surface area contributed by atoms with E-state index in [-0.39, 0.29) is 28.8 Å². The average Bonchev–Trinajstić information content (AvgIpc) is 2.99. The Morgan fingerprint density at radius 3 is 2.39 bits per heavy atom. The van der Waals surface area contributed by atoms with Crippen molar-refractivity contribution in [3.63, 3.8) is 0 Å². The minimum atomic E-state index is -0.853. The first-order chi connectivity index (χ1) is 14.3. The van der Waals surface area contributed by atoms with Crippen LogP contribution in [0.2, 0.25) is 0 Å². The Labute approximate surface area is 189 Å². The predicted octanol–water partition coefficient (Wildman–Crippen LogP) is 5.56. The summed E-state index contributed by atoms with van der Waals surface area (Å²) in [7, 11) is 0. The number of aliphatic hydroxyl groups is 3. The van der Waals surface area contributed by atoms with Crippen molar-refractivity contribution < 1.29 is 15.3 Å². The van der Waals surface area contributed by atoms with Crippen LogP contribution < -0.4 is 0 Å². The van der Waals surface area contributed by atoms with Gasteiger partial charge < -0.3 is 15.3 Å². The molecule has 3 fully saturated rings. The highest BCUT2D eigenvalue weighted by Gasteiger charge is 2.63. The quantitative estimate of drug-likeness (QED) is 0.514. The van der Waals surface area contributed by atoms with E-state index in [1.54, 1.807) is 5.57 Å². The van der Waals surface area contributed by atoms with Crippen molar-refractivity contribution in [2.45, 2.75) is 104 Å². The van der Waals surface area contributed by atoms with Gasteiger partial charge in [-0.2, -0.15) is 0 Å². The summed E-state index contributed by atoms with van der Waals surface area (Å²) >= 11 is 0. The van der Waals surface area contributed by atoms with E-state index in [0.717, 1.165) is 44.9 Å². The molecular weight excluding hydrogens is 384 g/mol. The molecular formula is C28H44O3. The van der Waals surface area contributed by atoms with E-state index in [1.807, 2.05) is 26.8 Å². The van der Waals surface area contributed by atoms with Gasteiger partial charge in [0.05, 0.1) is 17.3 Å². The minimum Gasteiger partial charge on any atom is -0.393 e. The SMILES string of the molecule is CC(C)C(C)(O)/C=C/[C@@H](C)[C@@]1(O)CC[C@H]2C3=CC=C4C[C@@H](O)CC[C@]4(C)[C@H]3CC[C@@]21C. The lowest BCUT2D eigenvalue weighted by Gasteiger charge is -2.56. The van der Waals surface area contributed by atoms with E-state index in [2.05, 4.69) is 39.0 Å². The molecule has 0 amide bonds. The molecule has 1 unspecified atom stereocenters. The molecule has 0 saturated heterocycles. The lowest BCUT2D eigenvalue weighted by Crippen LogP contribution is -2.54. The smallest absolute Gasteiger partial charge is 0.0822 e. The molecule has 4 aliphatic carbocycles. The summed E-state index contributed by atoms with van der Waals surface area (Å²) in [5, 5.41) is 32.9. The molecule has 0 spiro atoms. The highest BCUT2D eigenvalue weighted by Crippen LogP contribution is 2.67. The Bertz CT molecular complexity index is 805. The molecule has 0 radical (unpaired) electrons. The third kappa shape index (κ3) is 3.42. The van der Waals surface area contributed by atoms with E-state index < -0.39 is 11.2 Å². The van der Waals surface area contributed by atoms with Crippen LogP contribution >= 0.6 is 0 Å². The van der Waals surface area contributed by atoms with E-state index in [4.69, 9.17) is 0 Å². The van der Waals surface area contributed by atoms with Crippen LogP contribution in [0.4, 0.5) is 0 Å². The van der Waals surface area contributed by atoms with Gasteiger partial charge in [0.25, 0.3) is 0 Å². The van der Waals surface area contributed by atoms with E-state index in [1.165, 1.54) is 5.57 Å². The largest absolute Gasteiger partial charge is 0.393 e. The first kappa shape index (κ1) is 23.3. The molecule has 3 N–H and O–H groups in total. The molecule has 3 heteroatoms. The molecule has 0 heterocycles. The van der Waals surface area contributed by atoms with Crippen molar-refractivity contribution in [1.82, 2.24) is 0 Å². The lowest BCUT2D eigenvalue weighted by molar-refractivity contribution is -0.108. The molecule has 3 nitrogen and oxygen atoms in total. The Morgan fingerprint density at radius 1 is 1.03 bits per heavy atom. The first-order valence-electron chi connectivity index (χ1n) is 12.6. The second-order valence-electron chi connectivity index (χ2n) is 12.2. The monoisotopic (exact) mass is 428 g/mol. The predicted molar refractivity (Wildman–Crippen MR) is 126 cm³/mol. The van der Waals surface area contributed by atoms with Gasteiger partial charge in [0.2, 0.25) is 0 Å². The second-order valence-corrected chi connectivity index (χ2v) is 12.2. The highest BCUT2D eigenvalue weighted by molar-refractivity contribution is 5.40. The van der Waals surface area contributed by atoms with Crippen molar-refractivity contribution in [2.75, 3.05) is 0 Å². The summed E-state index contributed by atoms with van der Waals surface area (Å²) in [6, 6.07) is 0. The third-order valence-electron chi connectivity index (χ3n) is 10.4. The molecule has 174 valence electrons. The molecule has 4 rings (SSSR count). The summed E-state index contributed by atoms with van der Waals surface area (Å²) in [6.45, 7) is 12.8. The number of allylic oxidation sites excluding steroid dienone is 3. The fourth-order valence-electron chi connectivity index (χ4n) is 7.48. The first-order valence-corrected chi connectivity index (χ1v) is 12.6. The van der Waals surface area contributed by atoms with E-state index in [0.29, 0.717) is 11.8 Å². The van der Waals surface area contributed by atoms with Crippen LogP contribution in [0.5, 0.6) is 0 Å². The Kier molecular flexibility index (Phi) is 5.68. The number of hydrogen-bond donors (Lipinski definition) is 3. The molecule has 0 aromatic carbocycles. The second kappa shape index (κ2) is 7.57. The maximum Gasteiger partial charge on any atom is 0.0822 e. The van der Waals surface area contributed by atoms with Gasteiger partial charge in [0.1, 0.15) is 0 Å². The van der Waals surface area contributed by atoms with Crippen LogP contribution in [0.3, 0.4) is 0 Å². The van der Waals surface area contributed by atoms with Crippen LogP contribution in [-0.4, -0.2) is 32.6 Å². The number of fused-ring (bicyclic) bond motifs is 5. The van der Waals surface area contributed by atoms with Gasteiger partial charge in [-0.3, -0.25) is 0 Å². The van der Waals surface area contributed by atoms with Crippen molar-refractivity contribution in [3.05, 3.63) is 35.5 Å². The Hall–Kier alpha value is -0.900. The lowest BCUT2D eigenvalue weighted by atomic mass is 9.49. The highest BCUT2D eigenvalue weighted by atomic mass is 16.3. The fraction of sp³-hybridized carbons (Fsp3) is 0.786. The standard InChI is InChI=1S/C28H44O3/c1-18(2)27(6,30)15-9-19(3)28(31)16-12-24-22-8-7-20-17-21(29)10-13-25(20,4)23(22)11-14-26(24,28)5/h7-9,15,18-19,21,23-24,29-31H,10-14,16-17H2,1-6H3/b15-9+/t19-,21+,23+,24+,25+,26+,27?,28+/m1/s1. The molecule has 0 aromatic heterocycles. The maximum atomic E-state index is 12.1. The van der Waals surface area contributed by atoms with Gasteiger partial charge in [-0.25, -0.2) is 0 Å². The molecule has 0 aromatic rings. The van der Waals surface area contributed by atoms with Crippen LogP contribution in [0, 0.1) is 34.5 Å². The minimum absolute atomic E-state index is 0.0000157. The summed E-state index contributed by atoms with van der Waals surface area (Å²) < 4.78 is 0. The molecule has 0 aliphatic heterocycles. The topological polar surface area (TPSA) is 60.7 Å². The zero-order valence-corrected chi connectivity index (χ0v) is 20.5. The Balaban J connectivity index is 1.63. The van der Waals surface area contributed by atoms with Gasteiger partial charge in [-0.15, -0.1) is 0 Å². The van der Waals surface area contributed by atoms with Gasteiger partial charge in [-0.05, 0) is 75.0 Å². The number of aliphatic hydroxyl groups excluding tert-OH is 1. The zero-order valence-electron chi connectivity index (χ0n) is 20.5. The van der Waals surface area contributed by atoms with Crippen LogP contribution in [0.15, 0.2) is 35.5 Å². The summed E-state index contributed by atoms with van der Waals surface area (Å²) in [6.07, 6.45) is 15.3. The van der Waals surface area contributed by atoms with Crippen LogP contribution in [0.25, 0.3) is 0 Å². The van der Waals surface area contributed by atoms with Gasteiger partial charge in [-0.1, -0.05) is 70.1 Å². The van der Waals surface area contributed by atoms with Crippen molar-refractivity contribution in [3.8, 4) is 0 Å². The normalized spacial score (nSPS) is 45.4. The van der Waals surface area contributed by atoms with Gasteiger partial charge in [0.15, 0.2) is 0 Å². The number of hydrogen-bond acceptors (Lipinski definition) is 3. The van der Waals surface area contributed by atoms with E-state index in [9.17, 15) is 15.3 Å². The average molecular weight is 429 g/mol. The fourth-order valence-corrected chi connectivity index (χ4v) is 7.48. The summed E-state index contributed by atoms with van der Waals surface area (Å²) in [4.78, 5) is 0. The molecule has 4 aliphatic rings.